The predicted octanol–water partition coefficient (Wildman–Crippen LogP) is 3.72. The van der Waals surface area contributed by atoms with E-state index in [4.69, 9.17) is 5.73 Å². The first-order chi connectivity index (χ1) is 8.76. The summed E-state index contributed by atoms with van der Waals surface area (Å²) in [6.45, 7) is 6.67. The smallest absolute Gasteiger partial charge is 0.0414 e. The van der Waals surface area contributed by atoms with Crippen LogP contribution < -0.4 is 10.6 Å². The van der Waals surface area contributed by atoms with Gasteiger partial charge in [-0.2, -0.15) is 0 Å². The van der Waals surface area contributed by atoms with Crippen molar-refractivity contribution in [2.24, 2.45) is 11.7 Å². The summed E-state index contributed by atoms with van der Waals surface area (Å²) in [4.78, 5) is 2.51. The van der Waals surface area contributed by atoms with Crippen molar-refractivity contribution in [2.75, 3.05) is 18.0 Å². The zero-order valence-corrected chi connectivity index (χ0v) is 11.7. The Kier molecular flexibility index (Phi) is 4.65. The summed E-state index contributed by atoms with van der Waals surface area (Å²) in [7, 11) is 0. The van der Waals surface area contributed by atoms with Gasteiger partial charge in [-0.15, -0.1) is 0 Å². The van der Waals surface area contributed by atoms with E-state index in [1.165, 1.54) is 37.1 Å². The van der Waals surface area contributed by atoms with E-state index >= 15 is 0 Å². The highest BCUT2D eigenvalue weighted by Crippen LogP contribution is 2.32. The molecule has 2 heteroatoms. The molecule has 18 heavy (non-hydrogen) atoms. The Labute approximate surface area is 111 Å². The van der Waals surface area contributed by atoms with Crippen LogP contribution in [-0.4, -0.2) is 13.1 Å². The Bertz CT molecular complexity index is 371. The van der Waals surface area contributed by atoms with Crippen LogP contribution in [0.15, 0.2) is 24.3 Å². The first kappa shape index (κ1) is 13.4. The Hall–Kier alpha value is -1.02. The van der Waals surface area contributed by atoms with Crippen LogP contribution >= 0.6 is 0 Å². The highest BCUT2D eigenvalue weighted by molar-refractivity contribution is 5.55. The van der Waals surface area contributed by atoms with Crippen LogP contribution in [-0.2, 0) is 0 Å². The van der Waals surface area contributed by atoms with Crippen molar-refractivity contribution in [1.29, 1.82) is 0 Å². The SMILES string of the molecule is CCC(N)c1ccccc1N(CC)CC1CCC1. The second kappa shape index (κ2) is 6.24. The minimum absolute atomic E-state index is 0.164. The molecule has 1 saturated carbocycles. The summed E-state index contributed by atoms with van der Waals surface area (Å²) in [5, 5.41) is 0. The molecule has 2 N–H and O–H groups in total. The van der Waals surface area contributed by atoms with Crippen LogP contribution in [0.1, 0.15) is 51.1 Å². The molecule has 0 bridgehead atoms. The van der Waals surface area contributed by atoms with Gasteiger partial charge in [0, 0.05) is 24.8 Å². The predicted molar refractivity (Wildman–Crippen MR) is 78.9 cm³/mol. The topological polar surface area (TPSA) is 29.3 Å². The number of hydrogen-bond donors (Lipinski definition) is 1. The Morgan fingerprint density at radius 1 is 1.28 bits per heavy atom. The van der Waals surface area contributed by atoms with E-state index in [9.17, 15) is 0 Å². The van der Waals surface area contributed by atoms with Gasteiger partial charge in [0.05, 0.1) is 0 Å². The molecular weight excluding hydrogens is 220 g/mol. The first-order valence-electron chi connectivity index (χ1n) is 7.35. The minimum atomic E-state index is 0.164. The lowest BCUT2D eigenvalue weighted by atomic mass is 9.85. The van der Waals surface area contributed by atoms with E-state index in [2.05, 4.69) is 43.0 Å². The average molecular weight is 246 g/mol. The summed E-state index contributed by atoms with van der Waals surface area (Å²) in [6.07, 6.45) is 5.22. The van der Waals surface area contributed by atoms with Gasteiger partial charge in [-0.3, -0.25) is 0 Å². The third-order valence-electron chi connectivity index (χ3n) is 4.20. The van der Waals surface area contributed by atoms with Crippen molar-refractivity contribution in [2.45, 2.75) is 45.6 Å². The zero-order valence-electron chi connectivity index (χ0n) is 11.7. The van der Waals surface area contributed by atoms with Crippen molar-refractivity contribution < 1.29 is 0 Å². The van der Waals surface area contributed by atoms with Gasteiger partial charge in [-0.1, -0.05) is 31.5 Å². The number of rotatable bonds is 6. The molecule has 1 aliphatic rings. The van der Waals surface area contributed by atoms with E-state index in [-0.39, 0.29) is 6.04 Å². The largest absolute Gasteiger partial charge is 0.371 e. The number of nitrogens with zero attached hydrogens (tertiary/aromatic N) is 1. The molecule has 1 aromatic rings. The van der Waals surface area contributed by atoms with Gasteiger partial charge < -0.3 is 10.6 Å². The molecule has 0 radical (unpaired) electrons. The summed E-state index contributed by atoms with van der Waals surface area (Å²) < 4.78 is 0. The lowest BCUT2D eigenvalue weighted by Gasteiger charge is -2.34. The van der Waals surface area contributed by atoms with Crippen molar-refractivity contribution in [1.82, 2.24) is 0 Å². The number of para-hydroxylation sites is 1. The van der Waals surface area contributed by atoms with Crippen molar-refractivity contribution in [3.8, 4) is 0 Å². The molecule has 1 atom stereocenters. The molecule has 0 saturated heterocycles. The number of anilines is 1. The second-order valence-electron chi connectivity index (χ2n) is 5.41. The molecule has 0 amide bonds. The summed E-state index contributed by atoms with van der Waals surface area (Å²) in [5.41, 5.74) is 8.89. The number of nitrogens with two attached hydrogens (primary N) is 1. The highest BCUT2D eigenvalue weighted by Gasteiger charge is 2.22. The molecule has 100 valence electrons. The fourth-order valence-corrected chi connectivity index (χ4v) is 2.69. The van der Waals surface area contributed by atoms with E-state index in [1.807, 2.05) is 0 Å². The molecular formula is C16H26N2. The Morgan fingerprint density at radius 3 is 2.56 bits per heavy atom. The molecule has 2 rings (SSSR count). The molecule has 1 aliphatic carbocycles. The third kappa shape index (κ3) is 2.86. The molecule has 1 fully saturated rings. The van der Waals surface area contributed by atoms with Crippen LogP contribution in [0.25, 0.3) is 0 Å². The molecule has 0 aromatic heterocycles. The molecule has 2 nitrogen and oxygen atoms in total. The standard InChI is InChI=1S/C16H26N2/c1-3-15(17)14-10-5-6-11-16(14)18(4-2)12-13-8-7-9-13/h5-6,10-11,13,15H,3-4,7-9,12,17H2,1-2H3. The van der Waals surface area contributed by atoms with E-state index in [0.29, 0.717) is 0 Å². The molecule has 0 spiro atoms. The minimum Gasteiger partial charge on any atom is -0.371 e. The summed E-state index contributed by atoms with van der Waals surface area (Å²) in [6, 6.07) is 8.81. The Morgan fingerprint density at radius 2 is 2.00 bits per heavy atom. The van der Waals surface area contributed by atoms with Gasteiger partial charge in [0.1, 0.15) is 0 Å². The van der Waals surface area contributed by atoms with Gasteiger partial charge >= 0.3 is 0 Å². The van der Waals surface area contributed by atoms with Gasteiger partial charge in [-0.25, -0.2) is 0 Å². The molecule has 1 aromatic carbocycles. The normalized spacial score (nSPS) is 17.3. The van der Waals surface area contributed by atoms with E-state index in [1.54, 1.807) is 0 Å². The second-order valence-corrected chi connectivity index (χ2v) is 5.41. The quantitative estimate of drug-likeness (QED) is 0.829. The van der Waals surface area contributed by atoms with Crippen LogP contribution in [0.4, 0.5) is 5.69 Å². The highest BCUT2D eigenvalue weighted by atomic mass is 15.1. The lowest BCUT2D eigenvalue weighted by molar-refractivity contribution is 0.318. The van der Waals surface area contributed by atoms with Gasteiger partial charge in [0.25, 0.3) is 0 Å². The van der Waals surface area contributed by atoms with E-state index in [0.717, 1.165) is 18.9 Å². The summed E-state index contributed by atoms with van der Waals surface area (Å²) >= 11 is 0. The van der Waals surface area contributed by atoms with Gasteiger partial charge in [0.15, 0.2) is 0 Å². The van der Waals surface area contributed by atoms with Gasteiger partial charge in [-0.05, 0) is 43.7 Å². The molecule has 0 aliphatic heterocycles. The van der Waals surface area contributed by atoms with Crippen molar-refractivity contribution in [3.63, 3.8) is 0 Å². The summed E-state index contributed by atoms with van der Waals surface area (Å²) in [5.74, 6) is 0.899. The maximum Gasteiger partial charge on any atom is 0.0414 e. The average Bonchev–Trinajstić information content (AvgIpc) is 2.37. The number of benzene rings is 1. The fourth-order valence-electron chi connectivity index (χ4n) is 2.69. The number of hydrogen-bond acceptors (Lipinski definition) is 2. The van der Waals surface area contributed by atoms with Crippen LogP contribution in [0.2, 0.25) is 0 Å². The Balaban J connectivity index is 2.17. The monoisotopic (exact) mass is 246 g/mol. The molecule has 1 unspecified atom stereocenters. The van der Waals surface area contributed by atoms with Crippen molar-refractivity contribution >= 4 is 5.69 Å². The van der Waals surface area contributed by atoms with E-state index < -0.39 is 0 Å². The van der Waals surface area contributed by atoms with Crippen LogP contribution in [0.5, 0.6) is 0 Å². The van der Waals surface area contributed by atoms with Gasteiger partial charge in [0.2, 0.25) is 0 Å². The maximum atomic E-state index is 6.24. The lowest BCUT2D eigenvalue weighted by Crippen LogP contribution is -2.33. The first-order valence-corrected chi connectivity index (χ1v) is 7.35. The zero-order chi connectivity index (χ0) is 13.0. The fraction of sp³-hybridized carbons (Fsp3) is 0.625. The maximum absolute atomic E-state index is 6.24. The third-order valence-corrected chi connectivity index (χ3v) is 4.20. The van der Waals surface area contributed by atoms with Crippen molar-refractivity contribution in [3.05, 3.63) is 29.8 Å². The van der Waals surface area contributed by atoms with Crippen LogP contribution in [0, 0.1) is 5.92 Å². The van der Waals surface area contributed by atoms with Crippen LogP contribution in [0.3, 0.4) is 0 Å². The molecule has 0 heterocycles.